The molecule has 2 aromatic heterocycles. The van der Waals surface area contributed by atoms with Crippen LogP contribution in [-0.4, -0.2) is 11.5 Å². The van der Waals surface area contributed by atoms with Crippen LogP contribution in [0.3, 0.4) is 0 Å². The number of rotatable bonds is 4. The molecule has 0 aliphatic carbocycles. The molecule has 0 aliphatic rings. The van der Waals surface area contributed by atoms with Crippen LogP contribution in [0.5, 0.6) is 0 Å². The van der Waals surface area contributed by atoms with Crippen molar-refractivity contribution in [2.45, 2.75) is 26.8 Å². The van der Waals surface area contributed by atoms with E-state index in [0.29, 0.717) is 0 Å². The first-order chi connectivity index (χ1) is 8.11. The van der Waals surface area contributed by atoms with Crippen LogP contribution in [0.2, 0.25) is 0 Å². The van der Waals surface area contributed by atoms with Crippen molar-refractivity contribution in [3.05, 3.63) is 27.5 Å². The molecule has 1 N–H and O–H groups in total. The Morgan fingerprint density at radius 1 is 1.59 bits per heavy atom. The van der Waals surface area contributed by atoms with Crippen LogP contribution in [0, 0.1) is 6.92 Å². The zero-order valence-electron chi connectivity index (χ0n) is 10.1. The summed E-state index contributed by atoms with van der Waals surface area (Å²) < 4.78 is 6.91. The van der Waals surface area contributed by atoms with Crippen LogP contribution in [0.4, 0.5) is 0 Å². The molecule has 0 radical (unpaired) electrons. The average Bonchev–Trinajstić information content (AvgIpc) is 2.87. The van der Waals surface area contributed by atoms with Crippen molar-refractivity contribution in [1.82, 2.24) is 10.3 Å². The Morgan fingerprint density at radius 3 is 2.94 bits per heavy atom. The molecular weight excluding hydrogens is 300 g/mol. The monoisotopic (exact) mass is 314 g/mol. The normalized spacial score (nSPS) is 12.9. The van der Waals surface area contributed by atoms with Crippen LogP contribution < -0.4 is 5.32 Å². The highest BCUT2D eigenvalue weighted by Gasteiger charge is 2.14. The lowest BCUT2D eigenvalue weighted by molar-refractivity contribution is 0.429. The molecule has 2 aromatic rings. The molecule has 0 aromatic carbocycles. The van der Waals surface area contributed by atoms with E-state index in [1.807, 2.05) is 0 Å². The van der Waals surface area contributed by atoms with Crippen LogP contribution in [0.1, 0.15) is 31.3 Å². The van der Waals surface area contributed by atoms with E-state index in [2.05, 4.69) is 53.1 Å². The third-order valence-electron chi connectivity index (χ3n) is 2.50. The molecule has 0 saturated carbocycles. The Kier molecular flexibility index (Phi) is 4.01. The minimum Gasteiger partial charge on any atom is -0.438 e. The zero-order valence-corrected chi connectivity index (χ0v) is 12.5. The number of halogens is 1. The molecule has 5 heteroatoms. The second-order valence-electron chi connectivity index (χ2n) is 3.91. The fourth-order valence-corrected chi connectivity index (χ4v) is 3.06. The third-order valence-corrected chi connectivity index (χ3v) is 4.66. The lowest BCUT2D eigenvalue weighted by Crippen LogP contribution is -2.17. The summed E-state index contributed by atoms with van der Waals surface area (Å²) in [7, 11) is 0. The van der Waals surface area contributed by atoms with Gasteiger partial charge in [-0.25, -0.2) is 4.98 Å². The van der Waals surface area contributed by atoms with Crippen LogP contribution >= 0.6 is 27.3 Å². The summed E-state index contributed by atoms with van der Waals surface area (Å²) in [6.45, 7) is 7.10. The summed E-state index contributed by atoms with van der Waals surface area (Å²) in [5, 5.41) is 3.28. The molecule has 1 atom stereocenters. The summed E-state index contributed by atoms with van der Waals surface area (Å²) in [5.74, 6) is 1.58. The van der Waals surface area contributed by atoms with Crippen molar-refractivity contribution < 1.29 is 4.42 Å². The number of nitrogens with one attached hydrogen (secondary N) is 1. The van der Waals surface area contributed by atoms with Crippen LogP contribution in [0.15, 0.2) is 20.5 Å². The minimum atomic E-state index is 0.151. The van der Waals surface area contributed by atoms with Gasteiger partial charge >= 0.3 is 0 Å². The highest BCUT2D eigenvalue weighted by molar-refractivity contribution is 9.11. The minimum absolute atomic E-state index is 0.151. The summed E-state index contributed by atoms with van der Waals surface area (Å²) in [5.41, 5.74) is 1.22. The summed E-state index contributed by atoms with van der Waals surface area (Å²) >= 11 is 5.19. The van der Waals surface area contributed by atoms with Gasteiger partial charge in [-0.1, -0.05) is 6.92 Å². The number of hydrogen-bond donors (Lipinski definition) is 1. The van der Waals surface area contributed by atoms with Gasteiger partial charge in [-0.05, 0) is 48.0 Å². The van der Waals surface area contributed by atoms with Gasteiger partial charge in [0.2, 0.25) is 5.89 Å². The lowest BCUT2D eigenvalue weighted by Gasteiger charge is -2.06. The number of thiophene rings is 1. The SMILES string of the molecule is CCNC(C)c1ncc(-c2cc(C)c(Br)s2)o1. The molecule has 0 bridgehead atoms. The molecule has 0 fully saturated rings. The van der Waals surface area contributed by atoms with Gasteiger partial charge < -0.3 is 9.73 Å². The van der Waals surface area contributed by atoms with E-state index in [1.54, 1.807) is 17.5 Å². The van der Waals surface area contributed by atoms with Crippen LogP contribution in [-0.2, 0) is 0 Å². The first-order valence-electron chi connectivity index (χ1n) is 5.57. The van der Waals surface area contributed by atoms with Gasteiger partial charge in [0.25, 0.3) is 0 Å². The molecule has 92 valence electrons. The Hall–Kier alpha value is -0.650. The van der Waals surface area contributed by atoms with Crippen LogP contribution in [0.25, 0.3) is 10.6 Å². The third kappa shape index (κ3) is 2.78. The Morgan fingerprint density at radius 2 is 2.35 bits per heavy atom. The number of hydrogen-bond acceptors (Lipinski definition) is 4. The number of aryl methyl sites for hydroxylation is 1. The molecule has 2 rings (SSSR count). The topological polar surface area (TPSA) is 38.1 Å². The van der Waals surface area contributed by atoms with Gasteiger partial charge in [-0.2, -0.15) is 0 Å². The highest BCUT2D eigenvalue weighted by Crippen LogP contribution is 2.35. The number of nitrogens with zero attached hydrogens (tertiary/aromatic N) is 1. The maximum Gasteiger partial charge on any atom is 0.211 e. The van der Waals surface area contributed by atoms with Crippen molar-refractivity contribution in [2.24, 2.45) is 0 Å². The fourth-order valence-electron chi connectivity index (χ4n) is 1.58. The molecule has 0 saturated heterocycles. The lowest BCUT2D eigenvalue weighted by atomic mass is 10.3. The van der Waals surface area contributed by atoms with Crippen molar-refractivity contribution in [3.63, 3.8) is 0 Å². The van der Waals surface area contributed by atoms with E-state index in [9.17, 15) is 0 Å². The average molecular weight is 315 g/mol. The van der Waals surface area contributed by atoms with E-state index in [0.717, 1.165) is 26.9 Å². The second kappa shape index (κ2) is 5.33. The molecular formula is C12H15BrN2OS. The van der Waals surface area contributed by atoms with Crippen molar-refractivity contribution in [1.29, 1.82) is 0 Å². The largest absolute Gasteiger partial charge is 0.438 e. The molecule has 2 heterocycles. The molecule has 0 amide bonds. The quantitative estimate of drug-likeness (QED) is 0.921. The van der Waals surface area contributed by atoms with Crippen molar-refractivity contribution in [3.8, 4) is 10.6 Å². The van der Waals surface area contributed by atoms with Crippen molar-refractivity contribution >= 4 is 27.3 Å². The van der Waals surface area contributed by atoms with E-state index in [-0.39, 0.29) is 6.04 Å². The standard InChI is InChI=1S/C12H15BrN2OS/c1-4-14-8(3)12-15-6-9(16-12)10-5-7(2)11(13)17-10/h5-6,8,14H,4H2,1-3H3. The summed E-state index contributed by atoms with van der Waals surface area (Å²) in [4.78, 5) is 5.42. The Labute approximate surface area is 113 Å². The zero-order chi connectivity index (χ0) is 12.4. The number of aromatic nitrogens is 1. The van der Waals surface area contributed by atoms with Gasteiger partial charge in [-0.3, -0.25) is 0 Å². The maximum absolute atomic E-state index is 5.77. The molecule has 17 heavy (non-hydrogen) atoms. The first-order valence-corrected chi connectivity index (χ1v) is 7.18. The summed E-state index contributed by atoms with van der Waals surface area (Å²) in [6, 6.07) is 2.26. The Balaban J connectivity index is 2.23. The van der Waals surface area contributed by atoms with Gasteiger partial charge in [0, 0.05) is 0 Å². The summed E-state index contributed by atoms with van der Waals surface area (Å²) in [6.07, 6.45) is 1.79. The Bertz CT molecular complexity index is 487. The van der Waals surface area contributed by atoms with Gasteiger partial charge in [-0.15, -0.1) is 11.3 Å². The van der Waals surface area contributed by atoms with Gasteiger partial charge in [0.1, 0.15) is 0 Å². The number of oxazole rings is 1. The van der Waals surface area contributed by atoms with E-state index < -0.39 is 0 Å². The van der Waals surface area contributed by atoms with E-state index in [1.165, 1.54) is 5.56 Å². The first kappa shape index (κ1) is 12.8. The maximum atomic E-state index is 5.77. The molecule has 3 nitrogen and oxygen atoms in total. The van der Waals surface area contributed by atoms with E-state index in [4.69, 9.17) is 4.42 Å². The van der Waals surface area contributed by atoms with E-state index >= 15 is 0 Å². The van der Waals surface area contributed by atoms with Gasteiger partial charge in [0.15, 0.2) is 5.76 Å². The molecule has 0 aliphatic heterocycles. The molecule has 1 unspecified atom stereocenters. The van der Waals surface area contributed by atoms with Gasteiger partial charge in [0.05, 0.1) is 20.9 Å². The van der Waals surface area contributed by atoms with Crippen molar-refractivity contribution in [2.75, 3.05) is 6.54 Å². The predicted molar refractivity (Wildman–Crippen MR) is 74.3 cm³/mol. The predicted octanol–water partition coefficient (Wildman–Crippen LogP) is 4.14. The fraction of sp³-hybridized carbons (Fsp3) is 0.417. The molecule has 0 spiro atoms. The second-order valence-corrected chi connectivity index (χ2v) is 6.28. The highest BCUT2D eigenvalue weighted by atomic mass is 79.9. The smallest absolute Gasteiger partial charge is 0.211 e.